The minimum atomic E-state index is -4.70. The van der Waals surface area contributed by atoms with Crippen LogP contribution in [0.3, 0.4) is 0 Å². The quantitative estimate of drug-likeness (QED) is 0.203. The van der Waals surface area contributed by atoms with E-state index in [2.05, 4.69) is 15.3 Å². The summed E-state index contributed by atoms with van der Waals surface area (Å²) in [5.74, 6) is -0.518. The van der Waals surface area contributed by atoms with Gasteiger partial charge in [-0.1, -0.05) is 11.6 Å². The summed E-state index contributed by atoms with van der Waals surface area (Å²) in [5.41, 5.74) is 1.33. The average Bonchev–Trinajstić information content (AvgIpc) is 2.94. The van der Waals surface area contributed by atoms with Gasteiger partial charge in [0.05, 0.1) is 27.0 Å². The van der Waals surface area contributed by atoms with Crippen LogP contribution in [0.1, 0.15) is 12.5 Å². The maximum atomic E-state index is 12.8. The molecule has 2 aromatic rings. The van der Waals surface area contributed by atoms with E-state index in [0.29, 0.717) is 17.0 Å². The molecule has 31 heavy (non-hydrogen) atoms. The second-order valence-electron chi connectivity index (χ2n) is 6.22. The summed E-state index contributed by atoms with van der Waals surface area (Å²) in [4.78, 5) is 13.1. The van der Waals surface area contributed by atoms with Gasteiger partial charge in [-0.15, -0.1) is 0 Å². The Balaban J connectivity index is 0.00000341. The largest absolute Gasteiger partial charge is 1.00 e. The molecule has 0 bridgehead atoms. The van der Waals surface area contributed by atoms with Crippen LogP contribution in [0, 0.1) is 17.6 Å². The summed E-state index contributed by atoms with van der Waals surface area (Å²) < 4.78 is 33.7. The van der Waals surface area contributed by atoms with Crippen LogP contribution in [-0.4, -0.2) is 30.6 Å². The number of hydrogen-bond acceptors (Lipinski definition) is 9. The predicted molar refractivity (Wildman–Crippen MR) is 111 cm³/mol. The van der Waals surface area contributed by atoms with Crippen LogP contribution in [0.25, 0.3) is 0 Å². The van der Waals surface area contributed by atoms with Crippen LogP contribution < -0.4 is 34.6 Å². The molecule has 0 aliphatic carbocycles. The van der Waals surface area contributed by atoms with Gasteiger partial charge in [-0.2, -0.15) is 25.6 Å². The first-order valence-corrected chi connectivity index (χ1v) is 10.9. The Morgan fingerprint density at radius 1 is 1.26 bits per heavy atom. The number of thiocyanates is 1. The van der Waals surface area contributed by atoms with Crippen molar-refractivity contribution in [1.82, 2.24) is 0 Å². The molecule has 0 saturated carbocycles. The molecular weight excluding hydrogens is 473 g/mol. The van der Waals surface area contributed by atoms with E-state index in [-0.39, 0.29) is 40.3 Å². The van der Waals surface area contributed by atoms with Crippen molar-refractivity contribution < 1.29 is 47.3 Å². The van der Waals surface area contributed by atoms with Crippen LogP contribution in [0.2, 0.25) is 5.02 Å². The van der Waals surface area contributed by atoms with Crippen LogP contribution in [-0.2, 0) is 14.9 Å². The number of carbonyl (C=O) groups is 1. The molecule has 0 aromatic heterocycles. The van der Waals surface area contributed by atoms with Crippen molar-refractivity contribution in [2.45, 2.75) is 29.7 Å². The minimum absolute atomic E-state index is 0. The van der Waals surface area contributed by atoms with Gasteiger partial charge in [0.2, 0.25) is 0 Å². The van der Waals surface area contributed by atoms with Crippen molar-refractivity contribution in [3.63, 3.8) is 0 Å². The second kappa shape index (κ2) is 10.2. The van der Waals surface area contributed by atoms with Crippen LogP contribution in [0.5, 0.6) is 0 Å². The zero-order valence-electron chi connectivity index (χ0n) is 16.6. The van der Waals surface area contributed by atoms with Crippen LogP contribution >= 0.6 is 23.4 Å². The first-order valence-electron chi connectivity index (χ1n) is 8.34. The van der Waals surface area contributed by atoms with Crippen LogP contribution in [0.4, 0.5) is 11.4 Å². The van der Waals surface area contributed by atoms with Crippen molar-refractivity contribution in [2.75, 3.05) is 5.01 Å². The topological polar surface area (TPSA) is 138 Å². The fourth-order valence-corrected chi connectivity index (χ4v) is 4.10. The van der Waals surface area contributed by atoms with E-state index in [0.717, 1.165) is 33.8 Å². The van der Waals surface area contributed by atoms with Crippen molar-refractivity contribution in [2.24, 2.45) is 15.3 Å². The van der Waals surface area contributed by atoms with Crippen molar-refractivity contribution >= 4 is 56.5 Å². The monoisotopic (exact) mass is 485 g/mol. The molecule has 1 aliphatic heterocycles. The van der Waals surface area contributed by atoms with Crippen LogP contribution in [0.15, 0.2) is 61.5 Å². The number of hydrazone groups is 1. The summed E-state index contributed by atoms with van der Waals surface area (Å²) in [5, 5.41) is 23.9. The number of thioether (sulfide) groups is 1. The zero-order valence-corrected chi connectivity index (χ0v) is 21.0. The van der Waals surface area contributed by atoms with E-state index in [4.69, 9.17) is 16.9 Å². The molecule has 0 fully saturated rings. The zero-order chi connectivity index (χ0) is 22.1. The van der Waals surface area contributed by atoms with Gasteiger partial charge in [-0.3, -0.25) is 4.79 Å². The summed E-state index contributed by atoms with van der Waals surface area (Å²) in [6.07, 6.45) is 0. The molecule has 154 valence electrons. The molecule has 0 spiro atoms. The Hall–Kier alpha value is -1.78. The Labute approximate surface area is 210 Å². The standard InChI is InChI=1S/C18H14ClN5O4S2.Na/c1-10-7-14(30(26,27)28)8-15(19)17(10)24-18(25)16(11(2)23-24)22-21-12-3-5-13(6-4-12)29-9-20;/h3-8,16H,1-2H3,(H,26,27,28);/q;+1/p-1. The fraction of sp³-hybridized carbons (Fsp3) is 0.167. The van der Waals surface area contributed by atoms with E-state index in [9.17, 15) is 17.8 Å². The van der Waals surface area contributed by atoms with Gasteiger partial charge in [0, 0.05) is 4.90 Å². The van der Waals surface area contributed by atoms with E-state index in [1.54, 1.807) is 31.2 Å². The number of nitriles is 1. The number of azo groups is 1. The third-order valence-electron chi connectivity index (χ3n) is 4.11. The van der Waals surface area contributed by atoms with Gasteiger partial charge < -0.3 is 4.55 Å². The molecule has 1 aliphatic rings. The summed E-state index contributed by atoms with van der Waals surface area (Å²) in [6, 6.07) is 7.89. The first-order chi connectivity index (χ1) is 14.1. The van der Waals surface area contributed by atoms with E-state index in [1.807, 2.05) is 5.40 Å². The van der Waals surface area contributed by atoms with E-state index < -0.39 is 27.0 Å². The fourth-order valence-electron chi connectivity index (χ4n) is 2.72. The van der Waals surface area contributed by atoms with Crippen molar-refractivity contribution in [3.8, 4) is 5.40 Å². The second-order valence-corrected chi connectivity index (χ2v) is 8.87. The van der Waals surface area contributed by atoms with E-state index in [1.165, 1.54) is 6.92 Å². The number of rotatable bonds is 5. The molecule has 1 heterocycles. The summed E-state index contributed by atoms with van der Waals surface area (Å²) >= 11 is 7.16. The molecule has 1 atom stereocenters. The SMILES string of the molecule is CC1=NN(c2c(C)cc(S(=O)(=O)[O-])cc2Cl)C(=O)C1N=Nc1ccc(SC#N)cc1.[Na+]. The normalized spacial score (nSPS) is 16.2. The Kier molecular flexibility index (Phi) is 8.40. The number of aryl methyl sites for hydroxylation is 1. The van der Waals surface area contributed by atoms with Gasteiger partial charge >= 0.3 is 29.6 Å². The maximum absolute atomic E-state index is 12.8. The third kappa shape index (κ3) is 5.72. The molecule has 1 unspecified atom stereocenters. The molecule has 0 N–H and O–H groups in total. The Bertz CT molecular complexity index is 1200. The van der Waals surface area contributed by atoms with E-state index >= 15 is 0 Å². The number of carbonyl (C=O) groups excluding carboxylic acids is 1. The third-order valence-corrected chi connectivity index (χ3v) is 5.81. The van der Waals surface area contributed by atoms with Gasteiger partial charge in [0.15, 0.2) is 6.04 Å². The van der Waals surface area contributed by atoms with Gasteiger partial charge in [-0.25, -0.2) is 8.42 Å². The molecule has 0 saturated heterocycles. The minimum Gasteiger partial charge on any atom is -0.744 e. The molecule has 3 rings (SSSR count). The molecule has 13 heteroatoms. The average molecular weight is 486 g/mol. The predicted octanol–water partition coefficient (Wildman–Crippen LogP) is 1.00. The number of benzene rings is 2. The number of hydrogen-bond donors (Lipinski definition) is 0. The molecule has 2 aromatic carbocycles. The number of anilines is 1. The molecule has 0 radical (unpaired) electrons. The van der Waals surface area contributed by atoms with Gasteiger partial charge in [-0.05, 0) is 67.6 Å². The summed E-state index contributed by atoms with van der Waals surface area (Å²) in [7, 11) is -4.70. The number of nitrogens with zero attached hydrogens (tertiary/aromatic N) is 5. The molecule has 1 amide bonds. The Morgan fingerprint density at radius 2 is 1.90 bits per heavy atom. The summed E-state index contributed by atoms with van der Waals surface area (Å²) in [6.45, 7) is 3.12. The molecular formula is C18H13ClN5NaO4S2. The maximum Gasteiger partial charge on any atom is 1.00 e. The molecule has 9 nitrogen and oxygen atoms in total. The Morgan fingerprint density at radius 3 is 2.45 bits per heavy atom. The first kappa shape index (κ1) is 25.5. The van der Waals surface area contributed by atoms with Crippen molar-refractivity contribution in [3.05, 3.63) is 47.0 Å². The van der Waals surface area contributed by atoms with Gasteiger partial charge in [0.25, 0.3) is 5.91 Å². The van der Waals surface area contributed by atoms with Crippen molar-refractivity contribution in [1.29, 1.82) is 5.26 Å². The smallest absolute Gasteiger partial charge is 0.744 e. The van der Waals surface area contributed by atoms with Gasteiger partial charge in [0.1, 0.15) is 15.5 Å². The number of halogens is 1. The number of amides is 1.